The molecule has 1 aliphatic rings. The van der Waals surface area contributed by atoms with Crippen LogP contribution in [0.2, 0.25) is 0 Å². The lowest BCUT2D eigenvalue weighted by Gasteiger charge is -2.38. The van der Waals surface area contributed by atoms with Crippen molar-refractivity contribution < 1.29 is 14.6 Å². The third-order valence-electron chi connectivity index (χ3n) is 3.17. The Labute approximate surface area is 104 Å². The third kappa shape index (κ3) is 1.70. The van der Waals surface area contributed by atoms with Crippen LogP contribution in [0.3, 0.4) is 0 Å². The van der Waals surface area contributed by atoms with E-state index >= 15 is 0 Å². The molecule has 3 nitrogen and oxygen atoms in total. The normalized spacial score (nSPS) is 17.8. The van der Waals surface area contributed by atoms with E-state index < -0.39 is 5.60 Å². The van der Waals surface area contributed by atoms with Crippen LogP contribution in [0.25, 0.3) is 0 Å². The summed E-state index contributed by atoms with van der Waals surface area (Å²) in [5.41, 5.74) is 0.120. The van der Waals surface area contributed by atoms with E-state index in [1.165, 1.54) is 0 Å². The lowest BCUT2D eigenvalue weighted by atomic mass is 9.75. The molecule has 4 heteroatoms. The minimum absolute atomic E-state index is 0.668. The summed E-state index contributed by atoms with van der Waals surface area (Å²) in [5.74, 6) is 1.38. The topological polar surface area (TPSA) is 38.7 Å². The quantitative estimate of drug-likeness (QED) is 0.929. The predicted octanol–water partition coefficient (Wildman–Crippen LogP) is 2.84. The maximum absolute atomic E-state index is 10.3. The monoisotopic (exact) mass is 286 g/mol. The summed E-state index contributed by atoms with van der Waals surface area (Å²) < 4.78 is 11.3. The van der Waals surface area contributed by atoms with Crippen molar-refractivity contribution in [2.24, 2.45) is 0 Å². The second kappa shape index (κ2) is 4.26. The highest BCUT2D eigenvalue weighted by molar-refractivity contribution is 9.10. The minimum atomic E-state index is -0.722. The molecule has 88 valence electrons. The van der Waals surface area contributed by atoms with Gasteiger partial charge in [-0.1, -0.05) is 0 Å². The zero-order valence-electron chi connectivity index (χ0n) is 9.42. The molecular weight excluding hydrogens is 272 g/mol. The maximum Gasteiger partial charge on any atom is 0.142 e. The lowest BCUT2D eigenvalue weighted by Crippen LogP contribution is -2.34. The largest absolute Gasteiger partial charge is 0.495 e. The Morgan fingerprint density at radius 3 is 2.38 bits per heavy atom. The molecule has 1 N–H and O–H groups in total. The molecule has 0 heterocycles. The van der Waals surface area contributed by atoms with Crippen molar-refractivity contribution in [3.05, 3.63) is 22.2 Å². The van der Waals surface area contributed by atoms with Gasteiger partial charge in [0, 0.05) is 5.56 Å². The van der Waals surface area contributed by atoms with Crippen LogP contribution in [0, 0.1) is 0 Å². The van der Waals surface area contributed by atoms with Crippen molar-refractivity contribution in [1.82, 2.24) is 0 Å². The van der Waals surface area contributed by atoms with Gasteiger partial charge in [0.15, 0.2) is 0 Å². The summed E-state index contributed by atoms with van der Waals surface area (Å²) in [6.45, 7) is 0. The average Bonchev–Trinajstić information content (AvgIpc) is 2.25. The van der Waals surface area contributed by atoms with Gasteiger partial charge in [-0.3, -0.25) is 0 Å². The molecule has 0 radical (unpaired) electrons. The van der Waals surface area contributed by atoms with E-state index in [4.69, 9.17) is 9.47 Å². The highest BCUT2D eigenvalue weighted by Crippen LogP contribution is 2.48. The first-order valence-corrected chi connectivity index (χ1v) is 6.05. The predicted molar refractivity (Wildman–Crippen MR) is 65.0 cm³/mol. The summed E-state index contributed by atoms with van der Waals surface area (Å²) in [5, 5.41) is 10.3. The van der Waals surface area contributed by atoms with E-state index in [9.17, 15) is 5.11 Å². The van der Waals surface area contributed by atoms with Crippen molar-refractivity contribution >= 4 is 15.9 Å². The molecule has 0 amide bonds. The van der Waals surface area contributed by atoms with Crippen LogP contribution in [0.5, 0.6) is 11.5 Å². The summed E-state index contributed by atoms with van der Waals surface area (Å²) in [7, 11) is 3.21. The van der Waals surface area contributed by atoms with Gasteiger partial charge < -0.3 is 14.6 Å². The Hall–Kier alpha value is -0.740. The molecule has 0 aromatic heterocycles. The summed E-state index contributed by atoms with van der Waals surface area (Å²) in [6.07, 6.45) is 2.65. The van der Waals surface area contributed by atoms with Crippen LogP contribution in [0.15, 0.2) is 16.6 Å². The SMILES string of the molecule is COc1ccc(C2(O)CCC2)c(OC)c1Br. The van der Waals surface area contributed by atoms with Crippen LogP contribution in [0.1, 0.15) is 24.8 Å². The van der Waals surface area contributed by atoms with Gasteiger partial charge in [0.2, 0.25) is 0 Å². The fourth-order valence-electron chi connectivity index (χ4n) is 2.04. The fourth-order valence-corrected chi connectivity index (χ4v) is 2.71. The number of methoxy groups -OCH3 is 2. The number of halogens is 1. The molecule has 0 spiro atoms. The molecule has 0 saturated heterocycles. The first-order chi connectivity index (χ1) is 7.62. The van der Waals surface area contributed by atoms with E-state index in [1.807, 2.05) is 12.1 Å². The van der Waals surface area contributed by atoms with E-state index in [0.29, 0.717) is 11.5 Å². The molecule has 1 aromatic carbocycles. The van der Waals surface area contributed by atoms with E-state index in [2.05, 4.69) is 15.9 Å². The van der Waals surface area contributed by atoms with Gasteiger partial charge in [-0.2, -0.15) is 0 Å². The molecule has 0 bridgehead atoms. The fraction of sp³-hybridized carbons (Fsp3) is 0.500. The molecular formula is C12H15BrO3. The third-order valence-corrected chi connectivity index (χ3v) is 3.92. The van der Waals surface area contributed by atoms with Gasteiger partial charge in [0.25, 0.3) is 0 Å². The van der Waals surface area contributed by atoms with Crippen LogP contribution in [0.4, 0.5) is 0 Å². The van der Waals surface area contributed by atoms with Crippen LogP contribution in [-0.4, -0.2) is 19.3 Å². The molecule has 0 unspecified atom stereocenters. The number of rotatable bonds is 3. The van der Waals surface area contributed by atoms with Crippen LogP contribution in [-0.2, 0) is 5.60 Å². The van der Waals surface area contributed by atoms with Crippen molar-refractivity contribution in [3.63, 3.8) is 0 Å². The van der Waals surface area contributed by atoms with Gasteiger partial charge in [0.05, 0.1) is 19.8 Å². The number of hydrogen-bond acceptors (Lipinski definition) is 3. The molecule has 1 aromatic rings. The highest BCUT2D eigenvalue weighted by atomic mass is 79.9. The Balaban J connectivity index is 2.50. The minimum Gasteiger partial charge on any atom is -0.495 e. The first kappa shape index (κ1) is 11.7. The van der Waals surface area contributed by atoms with E-state index in [0.717, 1.165) is 29.3 Å². The molecule has 1 fully saturated rings. The van der Waals surface area contributed by atoms with Crippen LogP contribution < -0.4 is 9.47 Å². The Morgan fingerprint density at radius 1 is 1.25 bits per heavy atom. The van der Waals surface area contributed by atoms with Gasteiger partial charge in [-0.25, -0.2) is 0 Å². The number of aliphatic hydroxyl groups is 1. The van der Waals surface area contributed by atoms with E-state index in [1.54, 1.807) is 14.2 Å². The highest BCUT2D eigenvalue weighted by Gasteiger charge is 2.39. The standard InChI is InChI=1S/C12H15BrO3/c1-15-9-5-4-8(11(16-2)10(9)13)12(14)6-3-7-12/h4-5,14H,3,6-7H2,1-2H3. The Morgan fingerprint density at radius 2 is 1.94 bits per heavy atom. The molecule has 2 rings (SSSR count). The number of benzene rings is 1. The molecule has 0 atom stereocenters. The molecule has 1 saturated carbocycles. The van der Waals surface area contributed by atoms with Gasteiger partial charge in [-0.05, 0) is 47.3 Å². The summed E-state index contributed by atoms with van der Waals surface area (Å²) >= 11 is 3.44. The maximum atomic E-state index is 10.3. The molecule has 1 aliphatic carbocycles. The molecule has 0 aliphatic heterocycles. The number of ether oxygens (including phenoxy) is 2. The van der Waals surface area contributed by atoms with Crippen molar-refractivity contribution in [1.29, 1.82) is 0 Å². The second-order valence-electron chi connectivity index (χ2n) is 4.05. The first-order valence-electron chi connectivity index (χ1n) is 5.26. The van der Waals surface area contributed by atoms with E-state index in [-0.39, 0.29) is 0 Å². The van der Waals surface area contributed by atoms with Crippen molar-refractivity contribution in [2.45, 2.75) is 24.9 Å². The lowest BCUT2D eigenvalue weighted by molar-refractivity contribution is -0.0405. The second-order valence-corrected chi connectivity index (χ2v) is 4.84. The zero-order chi connectivity index (χ0) is 11.8. The number of hydrogen-bond donors (Lipinski definition) is 1. The average molecular weight is 287 g/mol. The van der Waals surface area contributed by atoms with Crippen LogP contribution >= 0.6 is 15.9 Å². The molecule has 16 heavy (non-hydrogen) atoms. The Kier molecular flexibility index (Phi) is 3.13. The van der Waals surface area contributed by atoms with Crippen molar-refractivity contribution in [2.75, 3.05) is 14.2 Å². The van der Waals surface area contributed by atoms with Crippen molar-refractivity contribution in [3.8, 4) is 11.5 Å². The van der Waals surface area contributed by atoms with Gasteiger partial charge in [0.1, 0.15) is 16.0 Å². The summed E-state index contributed by atoms with van der Waals surface area (Å²) in [6, 6.07) is 3.72. The zero-order valence-corrected chi connectivity index (χ0v) is 11.0. The summed E-state index contributed by atoms with van der Waals surface area (Å²) in [4.78, 5) is 0. The smallest absolute Gasteiger partial charge is 0.142 e. The van der Waals surface area contributed by atoms with Gasteiger partial charge in [-0.15, -0.1) is 0 Å². The Bertz CT molecular complexity index is 399. The van der Waals surface area contributed by atoms with Gasteiger partial charge >= 0.3 is 0 Å².